The van der Waals surface area contributed by atoms with E-state index < -0.39 is 11.9 Å². The Morgan fingerprint density at radius 3 is 2.80 bits per heavy atom. The summed E-state index contributed by atoms with van der Waals surface area (Å²) in [5.41, 5.74) is 8.44. The lowest BCUT2D eigenvalue weighted by atomic mass is 9.81. The van der Waals surface area contributed by atoms with Crippen LogP contribution in [0.2, 0.25) is 0 Å². The maximum Gasteiger partial charge on any atom is 0.413 e. The Bertz CT molecular complexity index is 1340. The fourth-order valence-electron chi connectivity index (χ4n) is 4.42. The van der Waals surface area contributed by atoms with Crippen LogP contribution < -0.4 is 26.4 Å². The Morgan fingerprint density at radius 2 is 2.03 bits per heavy atom. The van der Waals surface area contributed by atoms with Gasteiger partial charge in [-0.05, 0) is 42.8 Å². The smallest absolute Gasteiger partial charge is 0.413 e. The lowest BCUT2D eigenvalue weighted by Gasteiger charge is -2.32. The summed E-state index contributed by atoms with van der Waals surface area (Å²) in [7, 11) is 1.58. The predicted molar refractivity (Wildman–Crippen MR) is 129 cm³/mol. The first kappa shape index (κ1) is 22.6. The van der Waals surface area contributed by atoms with Crippen molar-refractivity contribution < 1.29 is 23.5 Å². The largest absolute Gasteiger partial charge is 0.474 e. The number of rotatable bonds is 4. The van der Waals surface area contributed by atoms with Gasteiger partial charge in [-0.1, -0.05) is 0 Å². The number of ether oxygens (including phenoxy) is 2. The van der Waals surface area contributed by atoms with Gasteiger partial charge in [0, 0.05) is 48.4 Å². The minimum Gasteiger partial charge on any atom is -0.474 e. The molecular weight excluding hydrogens is 455 g/mol. The zero-order chi connectivity index (χ0) is 24.7. The summed E-state index contributed by atoms with van der Waals surface area (Å²) in [6, 6.07) is 3.26. The van der Waals surface area contributed by atoms with Gasteiger partial charge in [-0.25, -0.2) is 19.2 Å². The van der Waals surface area contributed by atoms with E-state index in [9.17, 15) is 9.59 Å². The van der Waals surface area contributed by atoms with Crippen molar-refractivity contribution in [3.8, 4) is 17.0 Å². The van der Waals surface area contributed by atoms with Crippen molar-refractivity contribution >= 4 is 40.0 Å². The predicted octanol–water partition coefficient (Wildman–Crippen LogP) is 3.20. The molecule has 0 bridgehead atoms. The summed E-state index contributed by atoms with van der Waals surface area (Å²) in [5, 5.41) is 9.43. The maximum atomic E-state index is 15.3. The molecule has 3 heterocycles. The topological polar surface area (TPSA) is 140 Å². The fourth-order valence-corrected chi connectivity index (χ4v) is 4.42. The van der Waals surface area contributed by atoms with Gasteiger partial charge >= 0.3 is 6.09 Å². The van der Waals surface area contributed by atoms with Gasteiger partial charge in [0.25, 0.3) is 0 Å². The Hall–Kier alpha value is -4.15. The van der Waals surface area contributed by atoms with E-state index >= 15 is 4.39 Å². The number of nitrogens with zero attached hydrogens (tertiary/aromatic N) is 2. The summed E-state index contributed by atoms with van der Waals surface area (Å²) in [4.78, 5) is 32.4. The molecule has 0 atom stereocenters. The highest BCUT2D eigenvalue weighted by molar-refractivity contribution is 5.99. The number of amides is 2. The van der Waals surface area contributed by atoms with Crippen molar-refractivity contribution in [1.82, 2.24) is 15.3 Å². The number of fused-ring (bicyclic) bond motifs is 2. The van der Waals surface area contributed by atoms with Gasteiger partial charge in [0.05, 0.1) is 5.69 Å². The molecule has 182 valence electrons. The van der Waals surface area contributed by atoms with Crippen LogP contribution in [0.25, 0.3) is 21.9 Å². The van der Waals surface area contributed by atoms with Crippen LogP contribution in [0.3, 0.4) is 0 Å². The number of anilines is 3. The van der Waals surface area contributed by atoms with Crippen LogP contribution in [0, 0.1) is 18.7 Å². The highest BCUT2D eigenvalue weighted by Crippen LogP contribution is 2.39. The monoisotopic (exact) mass is 480 g/mol. The third kappa shape index (κ3) is 4.13. The van der Waals surface area contributed by atoms with Gasteiger partial charge in [-0.15, -0.1) is 0 Å². The quantitative estimate of drug-likeness (QED) is 0.417. The van der Waals surface area contributed by atoms with Crippen LogP contribution in [-0.2, 0) is 9.53 Å². The first-order valence-corrected chi connectivity index (χ1v) is 11.3. The molecule has 2 amide bonds. The summed E-state index contributed by atoms with van der Waals surface area (Å²) in [6.07, 6.45) is 2.93. The first-order chi connectivity index (χ1) is 16.9. The highest BCUT2D eigenvalue weighted by atomic mass is 19.1. The number of nitrogen functional groups attached to an aromatic ring is 1. The van der Waals surface area contributed by atoms with Crippen molar-refractivity contribution in [1.29, 1.82) is 0 Å². The summed E-state index contributed by atoms with van der Waals surface area (Å²) in [6.45, 7) is 3.00. The number of halogens is 1. The number of benzene rings is 1. The second-order valence-corrected chi connectivity index (χ2v) is 8.63. The average Bonchev–Trinajstić information content (AvgIpc) is 2.83. The van der Waals surface area contributed by atoms with Crippen LogP contribution in [0.5, 0.6) is 5.88 Å². The molecular formula is C24H25FN6O4. The number of aromatic nitrogens is 2. The molecule has 3 aromatic rings. The second kappa shape index (κ2) is 8.90. The molecule has 10 nitrogen and oxygen atoms in total. The van der Waals surface area contributed by atoms with Crippen molar-refractivity contribution in [2.45, 2.75) is 25.9 Å². The molecule has 5 N–H and O–H groups in total. The number of carbonyl (C=O) groups excluding carboxylic acids is 2. The molecule has 11 heteroatoms. The number of nitrogens with two attached hydrogens (primary N) is 1. The molecule has 1 saturated carbocycles. The number of hydrogen-bond acceptors (Lipinski definition) is 8. The fraction of sp³-hybridized carbons (Fsp3) is 0.333. The van der Waals surface area contributed by atoms with Crippen LogP contribution >= 0.6 is 0 Å². The van der Waals surface area contributed by atoms with Gasteiger partial charge in [-0.2, -0.15) is 0 Å². The number of pyridine rings is 2. The van der Waals surface area contributed by atoms with E-state index in [0.717, 1.165) is 11.3 Å². The van der Waals surface area contributed by atoms with Crippen molar-refractivity contribution in [2.75, 3.05) is 36.6 Å². The minimum atomic E-state index is -0.673. The van der Waals surface area contributed by atoms with Crippen LogP contribution in [0.15, 0.2) is 24.5 Å². The van der Waals surface area contributed by atoms with Crippen LogP contribution in [0.4, 0.5) is 26.4 Å². The summed E-state index contributed by atoms with van der Waals surface area (Å²) < 4.78 is 26.2. The Kier molecular flexibility index (Phi) is 5.75. The Balaban J connectivity index is 1.39. The van der Waals surface area contributed by atoms with Gasteiger partial charge in [0.2, 0.25) is 11.8 Å². The summed E-state index contributed by atoms with van der Waals surface area (Å²) in [5.74, 6) is -0.0615. The molecule has 1 aromatic carbocycles. The third-order valence-electron chi connectivity index (χ3n) is 6.45. The highest BCUT2D eigenvalue weighted by Gasteiger charge is 2.36. The van der Waals surface area contributed by atoms with Gasteiger partial charge in [0.1, 0.15) is 24.2 Å². The number of hydrogen-bond donors (Lipinski definition) is 4. The zero-order valence-corrected chi connectivity index (χ0v) is 19.3. The standard InChI is InChI=1S/C24H25FN6O4/c1-11-16(9-30-23-21(11)28-3-4-34-23)15-7-12-8-18(29-10-17(12)20(26)19(15)25)31-24(33)35-14-5-13(6-14)22(32)27-2/h7-10,13-14,28H,3-6,26H2,1-2H3,(H,27,32)(H,29,31,33)/t13-,14+. The second-order valence-electron chi connectivity index (χ2n) is 8.63. The third-order valence-corrected chi connectivity index (χ3v) is 6.45. The van der Waals surface area contributed by atoms with Gasteiger partial charge in [-0.3, -0.25) is 10.1 Å². The van der Waals surface area contributed by atoms with Crippen molar-refractivity contribution in [2.24, 2.45) is 5.92 Å². The van der Waals surface area contributed by atoms with Gasteiger partial charge in [0.15, 0.2) is 5.82 Å². The maximum absolute atomic E-state index is 15.3. The molecule has 0 spiro atoms. The molecule has 35 heavy (non-hydrogen) atoms. The van der Waals surface area contributed by atoms with E-state index in [4.69, 9.17) is 15.2 Å². The number of carbonyl (C=O) groups is 2. The Morgan fingerprint density at radius 1 is 1.23 bits per heavy atom. The Labute approximate surface area is 200 Å². The normalized spacial score (nSPS) is 18.5. The minimum absolute atomic E-state index is 0.0461. The molecule has 0 radical (unpaired) electrons. The molecule has 0 unspecified atom stereocenters. The van der Waals surface area contributed by atoms with E-state index in [1.54, 1.807) is 25.4 Å². The molecule has 2 aromatic heterocycles. The average molecular weight is 481 g/mol. The molecule has 1 aliphatic carbocycles. The molecule has 0 saturated heterocycles. The van der Waals surface area contributed by atoms with Crippen LogP contribution in [0.1, 0.15) is 18.4 Å². The lowest BCUT2D eigenvalue weighted by molar-refractivity contribution is -0.130. The zero-order valence-electron chi connectivity index (χ0n) is 19.3. The van der Waals surface area contributed by atoms with E-state index in [2.05, 4.69) is 25.9 Å². The van der Waals surface area contributed by atoms with E-state index in [1.807, 2.05) is 6.92 Å². The van der Waals surface area contributed by atoms with Gasteiger partial charge < -0.3 is 25.8 Å². The van der Waals surface area contributed by atoms with E-state index in [1.165, 1.54) is 6.20 Å². The lowest BCUT2D eigenvalue weighted by Crippen LogP contribution is -2.42. The molecule has 1 fully saturated rings. The van der Waals surface area contributed by atoms with E-state index in [-0.39, 0.29) is 35.0 Å². The van der Waals surface area contributed by atoms with Crippen molar-refractivity contribution in [3.05, 3.63) is 35.9 Å². The molecule has 1 aliphatic heterocycles. The number of nitrogens with one attached hydrogen (secondary N) is 3. The first-order valence-electron chi connectivity index (χ1n) is 11.3. The molecule has 5 rings (SSSR count). The summed E-state index contributed by atoms with van der Waals surface area (Å²) >= 11 is 0. The molecule has 2 aliphatic rings. The van der Waals surface area contributed by atoms with Crippen molar-refractivity contribution in [3.63, 3.8) is 0 Å². The van der Waals surface area contributed by atoms with E-state index in [0.29, 0.717) is 48.2 Å². The van der Waals surface area contributed by atoms with Crippen LogP contribution in [-0.4, -0.2) is 48.3 Å². The SMILES string of the molecule is CNC(=O)[C@H]1C[C@@H](OC(=O)Nc2cc3cc(-c4cnc5c(c4C)NCCO5)c(F)c(N)c3cn2)C1.